The van der Waals surface area contributed by atoms with Crippen molar-refractivity contribution in [2.45, 2.75) is 51.2 Å². The minimum absolute atomic E-state index is 0.0752. The summed E-state index contributed by atoms with van der Waals surface area (Å²) in [5.41, 5.74) is -3.07. The quantitative estimate of drug-likeness (QED) is 0.809. The molecule has 21 heavy (non-hydrogen) atoms. The maximum atomic E-state index is 12.0. The van der Waals surface area contributed by atoms with E-state index in [1.165, 1.54) is 0 Å². The number of aliphatic carboxylic acids is 1. The number of carbonyl (C=O) groups excluding carboxylic acids is 2. The van der Waals surface area contributed by atoms with Crippen LogP contribution in [0.1, 0.15) is 40.0 Å². The lowest BCUT2D eigenvalue weighted by Crippen LogP contribution is -2.68. The fourth-order valence-electron chi connectivity index (χ4n) is 2.98. The lowest BCUT2D eigenvalue weighted by molar-refractivity contribution is -0.169. The Morgan fingerprint density at radius 1 is 1.33 bits per heavy atom. The molecule has 1 amide bonds. The second kappa shape index (κ2) is 4.98. The van der Waals surface area contributed by atoms with Crippen molar-refractivity contribution in [1.29, 1.82) is 0 Å². The average Bonchev–Trinajstić information content (AvgIpc) is 2.70. The molecule has 1 aliphatic heterocycles. The number of hydrogen-bond donors (Lipinski definition) is 2. The molecule has 0 aromatic heterocycles. The van der Waals surface area contributed by atoms with E-state index in [-0.39, 0.29) is 25.2 Å². The number of amides is 1. The molecule has 0 spiro atoms. The van der Waals surface area contributed by atoms with Gasteiger partial charge in [-0.05, 0) is 27.2 Å². The highest BCUT2D eigenvalue weighted by molar-refractivity contribution is 5.98. The predicted octanol–water partition coefficient (Wildman–Crippen LogP) is 1.10. The third-order valence-electron chi connectivity index (χ3n) is 4.09. The van der Waals surface area contributed by atoms with Gasteiger partial charge in [0, 0.05) is 19.4 Å². The Morgan fingerprint density at radius 2 is 1.95 bits per heavy atom. The van der Waals surface area contributed by atoms with Crippen molar-refractivity contribution in [3.05, 3.63) is 0 Å². The standard InChI is InChI=1S/C14H21NO6/c1-12(2,3)21-11(19)15-14(4-5-20-8-14)13(10(17)18)6-9(16)7-13/h4-8H2,1-3H3,(H,15,19)(H,17,18). The number of carbonyl (C=O) groups is 3. The zero-order valence-corrected chi connectivity index (χ0v) is 12.5. The zero-order valence-electron chi connectivity index (χ0n) is 12.5. The number of hydrogen-bond acceptors (Lipinski definition) is 5. The van der Waals surface area contributed by atoms with E-state index in [1.807, 2.05) is 0 Å². The first-order chi connectivity index (χ1) is 9.60. The zero-order chi connectivity index (χ0) is 15.9. The highest BCUT2D eigenvalue weighted by atomic mass is 16.6. The molecule has 2 N–H and O–H groups in total. The van der Waals surface area contributed by atoms with Crippen molar-refractivity contribution >= 4 is 17.8 Å². The fourth-order valence-corrected chi connectivity index (χ4v) is 2.98. The van der Waals surface area contributed by atoms with E-state index in [9.17, 15) is 19.5 Å². The third-order valence-corrected chi connectivity index (χ3v) is 4.09. The first-order valence-corrected chi connectivity index (χ1v) is 6.94. The summed E-state index contributed by atoms with van der Waals surface area (Å²) >= 11 is 0. The normalized spacial score (nSPS) is 27.9. The van der Waals surface area contributed by atoms with E-state index in [0.717, 1.165) is 0 Å². The van der Waals surface area contributed by atoms with Crippen molar-refractivity contribution in [2.24, 2.45) is 5.41 Å². The maximum Gasteiger partial charge on any atom is 0.408 e. The molecule has 2 rings (SSSR count). The van der Waals surface area contributed by atoms with Gasteiger partial charge in [-0.25, -0.2) is 4.79 Å². The minimum atomic E-state index is -1.29. The lowest BCUT2D eigenvalue weighted by Gasteiger charge is -2.49. The molecule has 1 saturated heterocycles. The van der Waals surface area contributed by atoms with Gasteiger partial charge in [-0.3, -0.25) is 9.59 Å². The maximum absolute atomic E-state index is 12.0. The van der Waals surface area contributed by atoms with Gasteiger partial charge in [-0.15, -0.1) is 0 Å². The molecule has 1 aliphatic carbocycles. The molecule has 0 aromatic carbocycles. The first kappa shape index (κ1) is 15.8. The summed E-state index contributed by atoms with van der Waals surface area (Å²) in [6.45, 7) is 5.60. The summed E-state index contributed by atoms with van der Waals surface area (Å²) in [5.74, 6) is -1.20. The van der Waals surface area contributed by atoms with Crippen molar-refractivity contribution in [2.75, 3.05) is 13.2 Å². The Bertz CT molecular complexity index is 464. The molecule has 2 fully saturated rings. The summed E-state index contributed by atoms with van der Waals surface area (Å²) in [4.78, 5) is 35.1. The number of carboxylic acid groups (broad SMARTS) is 1. The van der Waals surface area contributed by atoms with Crippen LogP contribution in [0.15, 0.2) is 0 Å². The van der Waals surface area contributed by atoms with Crippen LogP contribution < -0.4 is 5.32 Å². The molecule has 0 bridgehead atoms. The lowest BCUT2D eigenvalue weighted by atomic mass is 9.56. The van der Waals surface area contributed by atoms with E-state index in [1.54, 1.807) is 20.8 Å². The summed E-state index contributed by atoms with van der Waals surface area (Å²) < 4.78 is 10.5. The van der Waals surface area contributed by atoms with E-state index in [0.29, 0.717) is 13.0 Å². The second-order valence-electron chi connectivity index (χ2n) is 6.79. The molecule has 118 valence electrons. The molecule has 7 nitrogen and oxygen atoms in total. The average molecular weight is 299 g/mol. The van der Waals surface area contributed by atoms with E-state index in [2.05, 4.69) is 5.32 Å². The smallest absolute Gasteiger partial charge is 0.408 e. The molecule has 0 aromatic rings. The van der Waals surface area contributed by atoms with Crippen LogP contribution in [0.5, 0.6) is 0 Å². The summed E-state index contributed by atoms with van der Waals surface area (Å²) in [7, 11) is 0. The number of ketones is 1. The van der Waals surface area contributed by atoms with Gasteiger partial charge >= 0.3 is 12.1 Å². The minimum Gasteiger partial charge on any atom is -0.481 e. The van der Waals surface area contributed by atoms with Gasteiger partial charge in [0.05, 0.1) is 12.1 Å². The van der Waals surface area contributed by atoms with Crippen LogP contribution in [0.2, 0.25) is 0 Å². The summed E-state index contributed by atoms with van der Waals surface area (Å²) in [6.07, 6.45) is -0.498. The van der Waals surface area contributed by atoms with Crippen molar-refractivity contribution < 1.29 is 29.0 Å². The molecule has 1 heterocycles. The highest BCUT2D eigenvalue weighted by Crippen LogP contribution is 2.50. The molecule has 1 saturated carbocycles. The monoisotopic (exact) mass is 299 g/mol. The van der Waals surface area contributed by atoms with Crippen molar-refractivity contribution in [1.82, 2.24) is 5.32 Å². The van der Waals surface area contributed by atoms with E-state index < -0.39 is 28.6 Å². The number of rotatable bonds is 3. The van der Waals surface area contributed by atoms with Gasteiger partial charge < -0.3 is 19.9 Å². The largest absolute Gasteiger partial charge is 0.481 e. The van der Waals surface area contributed by atoms with Gasteiger partial charge in [0.15, 0.2) is 0 Å². The van der Waals surface area contributed by atoms with Crippen LogP contribution in [0.25, 0.3) is 0 Å². The molecule has 0 radical (unpaired) electrons. The topological polar surface area (TPSA) is 102 Å². The Morgan fingerprint density at radius 3 is 2.33 bits per heavy atom. The summed E-state index contributed by atoms with van der Waals surface area (Å²) in [5, 5.41) is 12.2. The molecule has 1 unspecified atom stereocenters. The third kappa shape index (κ3) is 2.74. The molecule has 1 atom stereocenters. The molecule has 7 heteroatoms. The van der Waals surface area contributed by atoms with Gasteiger partial charge in [-0.1, -0.05) is 0 Å². The highest BCUT2D eigenvalue weighted by Gasteiger charge is 2.65. The van der Waals surface area contributed by atoms with Gasteiger partial charge in [-0.2, -0.15) is 0 Å². The molecular weight excluding hydrogens is 278 g/mol. The van der Waals surface area contributed by atoms with Crippen molar-refractivity contribution in [3.63, 3.8) is 0 Å². The van der Waals surface area contributed by atoms with Gasteiger partial charge in [0.1, 0.15) is 16.8 Å². The Balaban J connectivity index is 2.23. The van der Waals surface area contributed by atoms with Crippen LogP contribution >= 0.6 is 0 Å². The fraction of sp³-hybridized carbons (Fsp3) is 0.786. The Labute approximate surface area is 123 Å². The first-order valence-electron chi connectivity index (χ1n) is 6.94. The van der Waals surface area contributed by atoms with Crippen LogP contribution in [0, 0.1) is 5.41 Å². The van der Waals surface area contributed by atoms with Crippen LogP contribution in [0.3, 0.4) is 0 Å². The Hall–Kier alpha value is -1.63. The van der Waals surface area contributed by atoms with Crippen LogP contribution in [-0.2, 0) is 19.1 Å². The number of Topliss-reactive ketones (excluding diaryl/α,β-unsaturated/α-hetero) is 1. The summed E-state index contributed by atoms with van der Waals surface area (Å²) in [6, 6.07) is 0. The molecule has 2 aliphatic rings. The van der Waals surface area contributed by atoms with Gasteiger partial charge in [0.2, 0.25) is 0 Å². The SMILES string of the molecule is CC(C)(C)OC(=O)NC1(C2(C(=O)O)CC(=O)C2)CCOC1. The van der Waals surface area contributed by atoms with Crippen LogP contribution in [0.4, 0.5) is 4.79 Å². The number of carboxylic acids is 1. The Kier molecular flexibility index (Phi) is 3.73. The van der Waals surface area contributed by atoms with Crippen molar-refractivity contribution in [3.8, 4) is 0 Å². The number of ether oxygens (including phenoxy) is 2. The van der Waals surface area contributed by atoms with E-state index in [4.69, 9.17) is 9.47 Å². The predicted molar refractivity (Wildman–Crippen MR) is 71.8 cm³/mol. The number of nitrogens with one attached hydrogen (secondary N) is 1. The van der Waals surface area contributed by atoms with Gasteiger partial charge in [0.25, 0.3) is 0 Å². The molecular formula is C14H21NO6. The van der Waals surface area contributed by atoms with E-state index >= 15 is 0 Å². The second-order valence-corrected chi connectivity index (χ2v) is 6.79. The van der Waals surface area contributed by atoms with Crippen LogP contribution in [-0.4, -0.2) is 47.3 Å². The number of alkyl carbamates (subject to hydrolysis) is 1.